The average Bonchev–Trinajstić information content (AvgIpc) is 2.83. The number of benzene rings is 2. The normalized spacial score (nSPS) is 21.0. The van der Waals surface area contributed by atoms with E-state index in [9.17, 15) is 14.4 Å². The fraction of sp³-hybridized carbons (Fsp3) is 0.423. The van der Waals surface area contributed by atoms with Gasteiger partial charge in [-0.3, -0.25) is 14.4 Å². The van der Waals surface area contributed by atoms with Crippen LogP contribution in [0.5, 0.6) is 11.5 Å². The standard InChI is InChI=1S/C26H31N3O5/c1-16(2)26(32)29-11-10-22-21(14-29)28-25(31)19-7-4-17(3)23(12-19)33-15-24(30)27-13-18-5-8-20(34-22)9-6-18/h4-9,12,16,21-22H,10-11,13-15H2,1-3H3,(H,27,30)(H,28,31)/t21-,22-/m0/s1. The van der Waals surface area contributed by atoms with Gasteiger partial charge in [-0.1, -0.05) is 32.0 Å². The molecule has 3 aliphatic rings. The fourth-order valence-corrected chi connectivity index (χ4v) is 4.18. The topological polar surface area (TPSA) is 97.0 Å². The molecule has 3 aliphatic heterocycles. The van der Waals surface area contributed by atoms with Gasteiger partial charge in [-0.05, 0) is 42.3 Å². The molecule has 0 radical (unpaired) electrons. The van der Waals surface area contributed by atoms with Crippen LogP contribution in [-0.2, 0) is 16.1 Å². The predicted molar refractivity (Wildman–Crippen MR) is 127 cm³/mol. The van der Waals surface area contributed by atoms with Crippen molar-refractivity contribution >= 4 is 17.7 Å². The molecule has 2 aromatic carbocycles. The van der Waals surface area contributed by atoms with Crippen LogP contribution in [0.2, 0.25) is 0 Å². The number of carbonyl (C=O) groups is 3. The molecule has 8 nitrogen and oxygen atoms in total. The zero-order chi connectivity index (χ0) is 24.2. The molecule has 34 heavy (non-hydrogen) atoms. The van der Waals surface area contributed by atoms with Gasteiger partial charge >= 0.3 is 0 Å². The number of aryl methyl sites for hydroxylation is 1. The first-order chi connectivity index (χ1) is 16.3. The molecule has 2 atom stereocenters. The highest BCUT2D eigenvalue weighted by atomic mass is 16.5. The van der Waals surface area contributed by atoms with Gasteiger partial charge in [-0.15, -0.1) is 0 Å². The first-order valence-electron chi connectivity index (χ1n) is 11.7. The monoisotopic (exact) mass is 465 g/mol. The molecule has 5 rings (SSSR count). The molecule has 1 fully saturated rings. The molecule has 3 amide bonds. The molecule has 8 heteroatoms. The van der Waals surface area contributed by atoms with Gasteiger partial charge in [-0.2, -0.15) is 0 Å². The maximum atomic E-state index is 13.2. The lowest BCUT2D eigenvalue weighted by atomic mass is 9.99. The smallest absolute Gasteiger partial charge is 0.258 e. The molecule has 0 spiro atoms. The van der Waals surface area contributed by atoms with Crippen LogP contribution < -0.4 is 20.1 Å². The van der Waals surface area contributed by atoms with E-state index in [1.54, 1.807) is 23.1 Å². The molecule has 3 heterocycles. The number of fused-ring (bicyclic) bond motifs is 7. The van der Waals surface area contributed by atoms with Gasteiger partial charge in [0.05, 0.1) is 6.04 Å². The Morgan fingerprint density at radius 2 is 1.88 bits per heavy atom. The molecule has 0 aromatic heterocycles. The largest absolute Gasteiger partial charge is 0.488 e. The van der Waals surface area contributed by atoms with E-state index in [4.69, 9.17) is 9.47 Å². The minimum atomic E-state index is -0.381. The summed E-state index contributed by atoms with van der Waals surface area (Å²) in [7, 11) is 0. The van der Waals surface area contributed by atoms with Crippen LogP contribution in [0.4, 0.5) is 0 Å². The van der Waals surface area contributed by atoms with E-state index >= 15 is 0 Å². The second-order valence-electron chi connectivity index (χ2n) is 9.15. The molecule has 0 unspecified atom stereocenters. The number of hydrogen-bond acceptors (Lipinski definition) is 5. The maximum absolute atomic E-state index is 13.2. The number of nitrogens with one attached hydrogen (secondary N) is 2. The van der Waals surface area contributed by atoms with Gasteiger partial charge in [0.1, 0.15) is 17.6 Å². The van der Waals surface area contributed by atoms with Crippen molar-refractivity contribution in [1.82, 2.24) is 15.5 Å². The lowest BCUT2D eigenvalue weighted by Gasteiger charge is -2.39. The van der Waals surface area contributed by atoms with Crippen molar-refractivity contribution in [2.75, 3.05) is 19.7 Å². The summed E-state index contributed by atoms with van der Waals surface area (Å²) in [4.78, 5) is 39.9. The van der Waals surface area contributed by atoms with E-state index in [-0.39, 0.29) is 42.4 Å². The Kier molecular flexibility index (Phi) is 7.05. The quantitative estimate of drug-likeness (QED) is 0.674. The third kappa shape index (κ3) is 5.50. The summed E-state index contributed by atoms with van der Waals surface area (Å²) in [6.07, 6.45) is 0.311. The van der Waals surface area contributed by atoms with Gasteiger partial charge < -0.3 is 25.0 Å². The Morgan fingerprint density at radius 3 is 2.62 bits per heavy atom. The second-order valence-corrected chi connectivity index (χ2v) is 9.15. The molecule has 180 valence electrons. The number of piperidine rings is 1. The summed E-state index contributed by atoms with van der Waals surface area (Å²) in [6.45, 7) is 6.78. The molecule has 0 saturated carbocycles. The number of rotatable bonds is 1. The third-order valence-electron chi connectivity index (χ3n) is 6.18. The van der Waals surface area contributed by atoms with E-state index < -0.39 is 0 Å². The Labute approximate surface area is 199 Å². The molecule has 1 saturated heterocycles. The number of nitrogens with zero attached hydrogens (tertiary/aromatic N) is 1. The van der Waals surface area contributed by atoms with Crippen LogP contribution in [0, 0.1) is 12.8 Å². The van der Waals surface area contributed by atoms with Crippen molar-refractivity contribution in [1.29, 1.82) is 0 Å². The lowest BCUT2D eigenvalue weighted by Crippen LogP contribution is -2.58. The molecule has 4 bridgehead atoms. The summed E-state index contributed by atoms with van der Waals surface area (Å²) in [5.74, 6) is 0.552. The third-order valence-corrected chi connectivity index (χ3v) is 6.18. The maximum Gasteiger partial charge on any atom is 0.258 e. The first kappa shape index (κ1) is 23.6. The minimum absolute atomic E-state index is 0.0589. The van der Waals surface area contributed by atoms with Crippen LogP contribution in [0.1, 0.15) is 41.8 Å². The number of hydrogen-bond donors (Lipinski definition) is 2. The number of likely N-dealkylation sites (tertiary alicyclic amines) is 1. The van der Waals surface area contributed by atoms with Gasteiger partial charge in [0.15, 0.2) is 6.61 Å². The minimum Gasteiger partial charge on any atom is -0.488 e. The summed E-state index contributed by atoms with van der Waals surface area (Å²) in [5.41, 5.74) is 2.18. The summed E-state index contributed by atoms with van der Waals surface area (Å²) >= 11 is 0. The van der Waals surface area contributed by atoms with E-state index in [1.807, 2.05) is 45.0 Å². The van der Waals surface area contributed by atoms with E-state index in [0.717, 1.165) is 11.1 Å². The second kappa shape index (κ2) is 10.2. The highest BCUT2D eigenvalue weighted by molar-refractivity contribution is 5.95. The fourth-order valence-electron chi connectivity index (χ4n) is 4.18. The van der Waals surface area contributed by atoms with Gasteiger partial charge in [0, 0.05) is 37.5 Å². The van der Waals surface area contributed by atoms with Crippen molar-refractivity contribution in [3.05, 3.63) is 59.2 Å². The van der Waals surface area contributed by atoms with Crippen LogP contribution >= 0.6 is 0 Å². The van der Waals surface area contributed by atoms with Crippen molar-refractivity contribution in [2.24, 2.45) is 5.92 Å². The van der Waals surface area contributed by atoms with Crippen molar-refractivity contribution in [3.8, 4) is 11.5 Å². The number of amides is 3. The van der Waals surface area contributed by atoms with Gasteiger partial charge in [0.25, 0.3) is 11.8 Å². The van der Waals surface area contributed by atoms with Crippen LogP contribution in [0.25, 0.3) is 0 Å². The number of carbonyl (C=O) groups excluding carboxylic acids is 3. The first-order valence-corrected chi connectivity index (χ1v) is 11.7. The van der Waals surface area contributed by atoms with Crippen molar-refractivity contribution in [3.63, 3.8) is 0 Å². The highest BCUT2D eigenvalue weighted by Gasteiger charge is 2.35. The average molecular weight is 466 g/mol. The van der Waals surface area contributed by atoms with E-state index in [2.05, 4.69) is 10.6 Å². The molecule has 0 aliphatic carbocycles. The Bertz CT molecular complexity index is 1070. The Morgan fingerprint density at radius 1 is 1.12 bits per heavy atom. The van der Waals surface area contributed by atoms with Crippen molar-refractivity contribution < 1.29 is 23.9 Å². The Balaban J connectivity index is 1.64. The van der Waals surface area contributed by atoms with E-state index in [0.29, 0.717) is 43.1 Å². The van der Waals surface area contributed by atoms with Gasteiger partial charge in [-0.25, -0.2) is 0 Å². The summed E-state index contributed by atoms with van der Waals surface area (Å²) in [5, 5.41) is 5.91. The van der Waals surface area contributed by atoms with Crippen LogP contribution in [-0.4, -0.2) is 54.5 Å². The zero-order valence-corrected chi connectivity index (χ0v) is 19.8. The predicted octanol–water partition coefficient (Wildman–Crippen LogP) is 2.44. The van der Waals surface area contributed by atoms with Crippen LogP contribution in [0.3, 0.4) is 0 Å². The van der Waals surface area contributed by atoms with Crippen molar-refractivity contribution in [2.45, 2.75) is 45.9 Å². The number of ether oxygens (including phenoxy) is 2. The van der Waals surface area contributed by atoms with Crippen LogP contribution in [0.15, 0.2) is 42.5 Å². The zero-order valence-electron chi connectivity index (χ0n) is 19.8. The molecule has 2 N–H and O–H groups in total. The van der Waals surface area contributed by atoms with Gasteiger partial charge in [0.2, 0.25) is 5.91 Å². The highest BCUT2D eigenvalue weighted by Crippen LogP contribution is 2.23. The van der Waals surface area contributed by atoms with E-state index in [1.165, 1.54) is 0 Å². The molecular formula is C26H31N3O5. The Hall–Kier alpha value is -3.55. The SMILES string of the molecule is Cc1ccc2cc1OCC(=O)NCc1ccc(cc1)O[C@H]1CCN(C(=O)C(C)C)C[C@@H]1NC2=O. The lowest BCUT2D eigenvalue weighted by molar-refractivity contribution is -0.137. The summed E-state index contributed by atoms with van der Waals surface area (Å²) < 4.78 is 12.0. The summed E-state index contributed by atoms with van der Waals surface area (Å²) in [6, 6.07) is 12.3. The molecule has 2 aromatic rings. The molecular weight excluding hydrogens is 434 g/mol.